The zero-order chi connectivity index (χ0) is 15.0. The fourth-order valence-corrected chi connectivity index (χ4v) is 2.16. The van der Waals surface area contributed by atoms with E-state index in [1.54, 1.807) is 0 Å². The summed E-state index contributed by atoms with van der Waals surface area (Å²) in [6.07, 6.45) is 11.6. The molecular weight excluding hydrogens is 242 g/mol. The van der Waals surface area contributed by atoms with Crippen molar-refractivity contribution in [1.82, 2.24) is 0 Å². The third-order valence-corrected chi connectivity index (χ3v) is 3.12. The van der Waals surface area contributed by atoms with Crippen molar-refractivity contribution in [1.29, 1.82) is 0 Å². The van der Waals surface area contributed by atoms with E-state index in [2.05, 4.69) is 74.0 Å². The molecule has 0 N–H and O–H groups in total. The Bertz CT molecular complexity index is 532. The van der Waals surface area contributed by atoms with Crippen molar-refractivity contribution < 1.29 is 0 Å². The number of para-hydroxylation sites is 1. The normalized spacial score (nSPS) is 13.7. The first-order valence-corrected chi connectivity index (χ1v) is 7.32. The first-order valence-electron chi connectivity index (χ1n) is 7.32. The first-order chi connectivity index (χ1) is 9.77. The lowest BCUT2D eigenvalue weighted by molar-refractivity contribution is 1.12. The number of hydrogen-bond donors (Lipinski definition) is 0. The molecule has 0 radical (unpaired) electrons. The van der Waals surface area contributed by atoms with E-state index in [0.717, 1.165) is 12.1 Å². The summed E-state index contributed by atoms with van der Waals surface area (Å²) in [5.74, 6) is 0. The third kappa shape index (κ3) is 3.51. The van der Waals surface area contributed by atoms with Gasteiger partial charge in [-0.05, 0) is 29.7 Å². The van der Waals surface area contributed by atoms with Crippen LogP contribution in [0.1, 0.15) is 32.8 Å². The van der Waals surface area contributed by atoms with Crippen molar-refractivity contribution in [3.8, 4) is 0 Å². The molecule has 0 unspecified atom stereocenters. The number of nitrogens with zero attached hydrogens (tertiary/aromatic N) is 1. The van der Waals surface area contributed by atoms with Crippen molar-refractivity contribution in [3.05, 3.63) is 72.0 Å². The Labute approximate surface area is 123 Å². The van der Waals surface area contributed by atoms with Crippen LogP contribution in [-0.4, -0.2) is 7.05 Å². The second-order valence-corrected chi connectivity index (χ2v) is 4.31. The number of anilines is 1. The van der Waals surface area contributed by atoms with E-state index >= 15 is 0 Å². The number of rotatable bonds is 3. The standard InChI is InChI=1S/C17H19N.C2H6/c1-4-6-9-14-12-13-15-10-7-8-11-17(15)18(3)16(14)5-2;1-2/h5-13H,2,4H2,1,3H3;1-2H3/b9-6-;. The van der Waals surface area contributed by atoms with Gasteiger partial charge in [0.25, 0.3) is 0 Å². The topological polar surface area (TPSA) is 3.24 Å². The zero-order valence-corrected chi connectivity index (χ0v) is 13.1. The maximum absolute atomic E-state index is 3.94. The zero-order valence-electron chi connectivity index (χ0n) is 13.1. The van der Waals surface area contributed by atoms with Crippen molar-refractivity contribution in [2.24, 2.45) is 0 Å². The molecule has 0 spiro atoms. The Hall–Kier alpha value is -2.02. The highest BCUT2D eigenvalue weighted by Gasteiger charge is 2.13. The predicted octanol–water partition coefficient (Wildman–Crippen LogP) is 5.58. The van der Waals surface area contributed by atoms with Crippen molar-refractivity contribution >= 4 is 11.8 Å². The Morgan fingerprint density at radius 2 is 1.85 bits per heavy atom. The molecule has 0 aromatic heterocycles. The second-order valence-electron chi connectivity index (χ2n) is 4.31. The minimum atomic E-state index is 1.04. The average Bonchev–Trinajstić information content (AvgIpc) is 2.64. The maximum Gasteiger partial charge on any atom is 0.0481 e. The summed E-state index contributed by atoms with van der Waals surface area (Å²) in [6.45, 7) is 10.1. The van der Waals surface area contributed by atoms with Crippen LogP contribution in [0.2, 0.25) is 0 Å². The molecule has 0 fully saturated rings. The predicted molar refractivity (Wildman–Crippen MR) is 91.9 cm³/mol. The maximum atomic E-state index is 3.94. The molecule has 1 aromatic rings. The van der Waals surface area contributed by atoms with Gasteiger partial charge in [0.05, 0.1) is 0 Å². The van der Waals surface area contributed by atoms with E-state index in [-0.39, 0.29) is 0 Å². The van der Waals surface area contributed by atoms with E-state index in [1.165, 1.54) is 16.8 Å². The van der Waals surface area contributed by atoms with Crippen LogP contribution in [-0.2, 0) is 0 Å². The minimum Gasteiger partial charge on any atom is -0.344 e. The summed E-state index contributed by atoms with van der Waals surface area (Å²) in [5.41, 5.74) is 4.79. The Kier molecular flexibility index (Phi) is 6.58. The van der Waals surface area contributed by atoms with Crippen molar-refractivity contribution in [2.75, 3.05) is 11.9 Å². The van der Waals surface area contributed by atoms with Crippen LogP contribution >= 0.6 is 0 Å². The molecule has 1 heteroatoms. The van der Waals surface area contributed by atoms with Crippen LogP contribution in [0.15, 0.2) is 66.4 Å². The fraction of sp³-hybridized carbons (Fsp3) is 0.263. The van der Waals surface area contributed by atoms with Gasteiger partial charge in [-0.15, -0.1) is 0 Å². The monoisotopic (exact) mass is 267 g/mol. The third-order valence-electron chi connectivity index (χ3n) is 3.12. The van der Waals surface area contributed by atoms with Gasteiger partial charge in [-0.1, -0.05) is 69.9 Å². The molecule has 1 aromatic carbocycles. The van der Waals surface area contributed by atoms with Crippen LogP contribution < -0.4 is 4.90 Å². The summed E-state index contributed by atoms with van der Waals surface area (Å²) >= 11 is 0. The molecule has 106 valence electrons. The van der Waals surface area contributed by atoms with E-state index in [1.807, 2.05) is 19.9 Å². The van der Waals surface area contributed by atoms with Gasteiger partial charge in [-0.25, -0.2) is 0 Å². The van der Waals surface area contributed by atoms with Crippen LogP contribution in [0.5, 0.6) is 0 Å². The molecule has 2 rings (SSSR count). The summed E-state index contributed by atoms with van der Waals surface area (Å²) in [6, 6.07) is 8.40. The van der Waals surface area contributed by atoms with Gasteiger partial charge < -0.3 is 4.90 Å². The number of allylic oxidation sites excluding steroid dienone is 5. The highest BCUT2D eigenvalue weighted by atomic mass is 15.1. The molecule has 20 heavy (non-hydrogen) atoms. The van der Waals surface area contributed by atoms with Crippen LogP contribution in [0.3, 0.4) is 0 Å². The van der Waals surface area contributed by atoms with E-state index in [9.17, 15) is 0 Å². The molecule has 0 amide bonds. The Morgan fingerprint density at radius 1 is 1.15 bits per heavy atom. The summed E-state index contributed by atoms with van der Waals surface area (Å²) in [7, 11) is 2.09. The molecular formula is C19H25N. The van der Waals surface area contributed by atoms with Crippen molar-refractivity contribution in [2.45, 2.75) is 27.2 Å². The smallest absolute Gasteiger partial charge is 0.0481 e. The molecule has 0 saturated heterocycles. The fourth-order valence-electron chi connectivity index (χ4n) is 2.16. The molecule has 0 bridgehead atoms. The number of fused-ring (bicyclic) bond motifs is 1. The first kappa shape index (κ1) is 16.0. The molecule has 1 aliphatic heterocycles. The lowest BCUT2D eigenvalue weighted by atomic mass is 10.1. The van der Waals surface area contributed by atoms with Gasteiger partial charge in [-0.3, -0.25) is 0 Å². The largest absolute Gasteiger partial charge is 0.344 e. The number of benzene rings is 1. The summed E-state index contributed by atoms with van der Waals surface area (Å²) < 4.78 is 0. The highest BCUT2D eigenvalue weighted by molar-refractivity contribution is 5.75. The molecule has 0 saturated carbocycles. The summed E-state index contributed by atoms with van der Waals surface area (Å²) in [4.78, 5) is 2.19. The number of hydrogen-bond acceptors (Lipinski definition) is 1. The molecule has 0 atom stereocenters. The Balaban J connectivity index is 0.000000956. The number of likely N-dealkylation sites (N-methyl/N-ethyl adjacent to an activating group) is 1. The lowest BCUT2D eigenvalue weighted by Gasteiger charge is -2.22. The average molecular weight is 267 g/mol. The van der Waals surface area contributed by atoms with Crippen LogP contribution in [0, 0.1) is 0 Å². The second kappa shape index (κ2) is 8.21. The quantitative estimate of drug-likeness (QED) is 0.690. The van der Waals surface area contributed by atoms with Gasteiger partial charge in [0, 0.05) is 18.4 Å². The van der Waals surface area contributed by atoms with Crippen molar-refractivity contribution in [3.63, 3.8) is 0 Å². The lowest BCUT2D eigenvalue weighted by Crippen LogP contribution is -2.16. The van der Waals surface area contributed by atoms with E-state index in [4.69, 9.17) is 0 Å². The van der Waals surface area contributed by atoms with Crippen LogP contribution in [0.4, 0.5) is 5.69 Å². The molecule has 1 heterocycles. The van der Waals surface area contributed by atoms with E-state index < -0.39 is 0 Å². The van der Waals surface area contributed by atoms with Gasteiger partial charge in [0.2, 0.25) is 0 Å². The molecule has 1 nitrogen and oxygen atoms in total. The van der Waals surface area contributed by atoms with Gasteiger partial charge in [0.1, 0.15) is 0 Å². The molecule has 0 aliphatic carbocycles. The molecule has 1 aliphatic rings. The SMILES string of the molecule is C=CC1=C(/C=C\CC)C=Cc2ccccc2N1C.CC. The van der Waals surface area contributed by atoms with E-state index in [0.29, 0.717) is 0 Å². The highest BCUT2D eigenvalue weighted by Crippen LogP contribution is 2.29. The van der Waals surface area contributed by atoms with Gasteiger partial charge in [-0.2, -0.15) is 0 Å². The van der Waals surface area contributed by atoms with Gasteiger partial charge in [0.15, 0.2) is 0 Å². The summed E-state index contributed by atoms with van der Waals surface area (Å²) in [5, 5.41) is 0. The van der Waals surface area contributed by atoms with Crippen LogP contribution in [0.25, 0.3) is 6.08 Å². The minimum absolute atomic E-state index is 1.04. The Morgan fingerprint density at radius 3 is 2.50 bits per heavy atom. The van der Waals surface area contributed by atoms with Gasteiger partial charge >= 0.3 is 0 Å².